The molecule has 0 spiro atoms. The molecule has 2 N–H and O–H groups in total. The summed E-state index contributed by atoms with van der Waals surface area (Å²) in [6.45, 7) is 1.98. The molecule has 0 fully saturated rings. The molecule has 1 rings (SSSR count). The zero-order valence-corrected chi connectivity index (χ0v) is 6.04. The van der Waals surface area contributed by atoms with Crippen LogP contribution in [0.2, 0.25) is 0 Å². The summed E-state index contributed by atoms with van der Waals surface area (Å²) in [4.78, 5) is 0. The van der Waals surface area contributed by atoms with Gasteiger partial charge in [-0.1, -0.05) is 30.4 Å². The smallest absolute Gasteiger partial charge is 0.0387 e. The standard InChI is InChI=1S/C9H11N/c1-2-5-8-6-3-4-7-9(8)10/h2-7H,10H2,1H3. The van der Waals surface area contributed by atoms with Gasteiger partial charge in [-0.3, -0.25) is 0 Å². The molecule has 0 saturated carbocycles. The van der Waals surface area contributed by atoms with Crippen LogP contribution in [0.5, 0.6) is 0 Å². The molecule has 0 aliphatic heterocycles. The van der Waals surface area contributed by atoms with Crippen molar-refractivity contribution in [3.8, 4) is 0 Å². The van der Waals surface area contributed by atoms with Crippen molar-refractivity contribution in [1.29, 1.82) is 0 Å². The van der Waals surface area contributed by atoms with E-state index in [9.17, 15) is 0 Å². The molecule has 1 heteroatoms. The largest absolute Gasteiger partial charge is 0.398 e. The Kier molecular flexibility index (Phi) is 2.11. The highest BCUT2D eigenvalue weighted by molar-refractivity contribution is 5.63. The van der Waals surface area contributed by atoms with Gasteiger partial charge in [-0.15, -0.1) is 0 Å². The van der Waals surface area contributed by atoms with Crippen LogP contribution in [0.3, 0.4) is 0 Å². The zero-order chi connectivity index (χ0) is 7.40. The summed E-state index contributed by atoms with van der Waals surface area (Å²) >= 11 is 0. The van der Waals surface area contributed by atoms with Gasteiger partial charge < -0.3 is 5.73 Å². The summed E-state index contributed by atoms with van der Waals surface area (Å²) in [5.74, 6) is 0. The lowest BCUT2D eigenvalue weighted by molar-refractivity contribution is 1.63. The van der Waals surface area contributed by atoms with Crippen LogP contribution in [-0.2, 0) is 0 Å². The van der Waals surface area contributed by atoms with Gasteiger partial charge in [0.25, 0.3) is 0 Å². The molecule has 0 atom stereocenters. The van der Waals surface area contributed by atoms with E-state index in [0.29, 0.717) is 0 Å². The van der Waals surface area contributed by atoms with Crippen molar-refractivity contribution in [3.05, 3.63) is 35.9 Å². The maximum atomic E-state index is 5.66. The first-order valence-electron chi connectivity index (χ1n) is 3.32. The number of anilines is 1. The maximum absolute atomic E-state index is 5.66. The van der Waals surface area contributed by atoms with Crippen LogP contribution in [0.15, 0.2) is 30.3 Å². The van der Waals surface area contributed by atoms with E-state index in [-0.39, 0.29) is 0 Å². The lowest BCUT2D eigenvalue weighted by Gasteiger charge is -1.96. The fraction of sp³-hybridized carbons (Fsp3) is 0.111. The third-order valence-corrected chi connectivity index (χ3v) is 1.34. The van der Waals surface area contributed by atoms with Crippen molar-refractivity contribution in [1.82, 2.24) is 0 Å². The lowest BCUT2D eigenvalue weighted by atomic mass is 10.2. The SMILES string of the molecule is CC=Cc1ccccc1N. The molecule has 52 valence electrons. The molecular formula is C9H11N. The van der Waals surface area contributed by atoms with Gasteiger partial charge in [-0.25, -0.2) is 0 Å². The summed E-state index contributed by atoms with van der Waals surface area (Å²) in [7, 11) is 0. The second kappa shape index (κ2) is 3.06. The molecule has 1 aromatic carbocycles. The number of allylic oxidation sites excluding steroid dienone is 1. The molecule has 0 saturated heterocycles. The highest BCUT2D eigenvalue weighted by atomic mass is 14.5. The zero-order valence-electron chi connectivity index (χ0n) is 6.04. The number of hydrogen-bond donors (Lipinski definition) is 1. The van der Waals surface area contributed by atoms with Crippen LogP contribution in [0.4, 0.5) is 5.69 Å². The van der Waals surface area contributed by atoms with Crippen LogP contribution in [0.1, 0.15) is 12.5 Å². The number of para-hydroxylation sites is 1. The molecule has 0 radical (unpaired) electrons. The topological polar surface area (TPSA) is 26.0 Å². The average Bonchev–Trinajstić information content (AvgIpc) is 1.94. The van der Waals surface area contributed by atoms with Crippen LogP contribution in [-0.4, -0.2) is 0 Å². The second-order valence-corrected chi connectivity index (χ2v) is 2.13. The molecule has 1 aromatic rings. The Balaban J connectivity index is 3.03. The quantitative estimate of drug-likeness (QED) is 0.584. The molecule has 0 amide bonds. The van der Waals surface area contributed by atoms with Gasteiger partial charge in [-0.05, 0) is 18.6 Å². The van der Waals surface area contributed by atoms with E-state index in [4.69, 9.17) is 5.73 Å². The summed E-state index contributed by atoms with van der Waals surface area (Å²) in [5, 5.41) is 0. The number of benzene rings is 1. The Morgan fingerprint density at radius 3 is 2.60 bits per heavy atom. The summed E-state index contributed by atoms with van der Waals surface area (Å²) in [6.07, 6.45) is 3.97. The van der Waals surface area contributed by atoms with Gasteiger partial charge in [0.2, 0.25) is 0 Å². The predicted octanol–water partition coefficient (Wildman–Crippen LogP) is 2.30. The monoisotopic (exact) mass is 133 g/mol. The van der Waals surface area contributed by atoms with Crippen LogP contribution in [0, 0.1) is 0 Å². The molecule has 0 heterocycles. The number of hydrogen-bond acceptors (Lipinski definition) is 1. The van der Waals surface area contributed by atoms with Gasteiger partial charge in [0, 0.05) is 5.69 Å². The van der Waals surface area contributed by atoms with Crippen LogP contribution in [0.25, 0.3) is 6.08 Å². The third kappa shape index (κ3) is 1.38. The predicted molar refractivity (Wildman–Crippen MR) is 45.6 cm³/mol. The molecular weight excluding hydrogens is 122 g/mol. The first kappa shape index (κ1) is 6.87. The van der Waals surface area contributed by atoms with E-state index in [2.05, 4.69) is 0 Å². The number of rotatable bonds is 1. The van der Waals surface area contributed by atoms with Crippen molar-refractivity contribution in [3.63, 3.8) is 0 Å². The Hall–Kier alpha value is -1.24. The Bertz CT molecular complexity index is 238. The minimum atomic E-state index is 0.834. The number of nitrogens with two attached hydrogens (primary N) is 1. The fourth-order valence-electron chi connectivity index (χ4n) is 0.842. The molecule has 0 bridgehead atoms. The van der Waals surface area contributed by atoms with E-state index in [1.54, 1.807) is 0 Å². The van der Waals surface area contributed by atoms with Gasteiger partial charge in [-0.2, -0.15) is 0 Å². The van der Waals surface area contributed by atoms with E-state index in [0.717, 1.165) is 11.3 Å². The average molecular weight is 133 g/mol. The minimum absolute atomic E-state index is 0.834. The summed E-state index contributed by atoms with van der Waals surface area (Å²) < 4.78 is 0. The third-order valence-electron chi connectivity index (χ3n) is 1.34. The highest BCUT2D eigenvalue weighted by Gasteiger charge is 1.88. The van der Waals surface area contributed by atoms with Gasteiger partial charge in [0.05, 0.1) is 0 Å². The van der Waals surface area contributed by atoms with E-state index < -0.39 is 0 Å². The lowest BCUT2D eigenvalue weighted by Crippen LogP contribution is -1.86. The normalized spacial score (nSPS) is 10.5. The molecule has 0 unspecified atom stereocenters. The highest BCUT2D eigenvalue weighted by Crippen LogP contribution is 2.11. The minimum Gasteiger partial charge on any atom is -0.398 e. The Morgan fingerprint density at radius 1 is 1.30 bits per heavy atom. The molecule has 1 nitrogen and oxygen atoms in total. The van der Waals surface area contributed by atoms with Crippen molar-refractivity contribution >= 4 is 11.8 Å². The fourth-order valence-corrected chi connectivity index (χ4v) is 0.842. The summed E-state index contributed by atoms with van der Waals surface area (Å²) in [6, 6.07) is 7.80. The van der Waals surface area contributed by atoms with Gasteiger partial charge >= 0.3 is 0 Å². The maximum Gasteiger partial charge on any atom is 0.0387 e. The van der Waals surface area contributed by atoms with Gasteiger partial charge in [0.15, 0.2) is 0 Å². The van der Waals surface area contributed by atoms with E-state index in [1.807, 2.05) is 43.3 Å². The van der Waals surface area contributed by atoms with Crippen LogP contribution < -0.4 is 5.73 Å². The Morgan fingerprint density at radius 2 is 2.00 bits per heavy atom. The molecule has 0 aromatic heterocycles. The number of nitrogen functional groups attached to an aromatic ring is 1. The first-order valence-corrected chi connectivity index (χ1v) is 3.32. The van der Waals surface area contributed by atoms with E-state index >= 15 is 0 Å². The van der Waals surface area contributed by atoms with Crippen LogP contribution >= 0.6 is 0 Å². The van der Waals surface area contributed by atoms with Gasteiger partial charge in [0.1, 0.15) is 0 Å². The van der Waals surface area contributed by atoms with Crippen molar-refractivity contribution in [2.24, 2.45) is 0 Å². The van der Waals surface area contributed by atoms with Crippen molar-refractivity contribution in [2.45, 2.75) is 6.92 Å². The van der Waals surface area contributed by atoms with Crippen molar-refractivity contribution in [2.75, 3.05) is 5.73 Å². The summed E-state index contributed by atoms with van der Waals surface area (Å²) in [5.41, 5.74) is 7.58. The first-order chi connectivity index (χ1) is 4.84. The molecule has 10 heavy (non-hydrogen) atoms. The van der Waals surface area contributed by atoms with Crippen molar-refractivity contribution < 1.29 is 0 Å². The Labute approximate surface area is 61.2 Å². The molecule has 0 aliphatic rings. The second-order valence-electron chi connectivity index (χ2n) is 2.13. The van der Waals surface area contributed by atoms with E-state index in [1.165, 1.54) is 0 Å². The molecule has 0 aliphatic carbocycles.